The number of hydrogen-bond acceptors (Lipinski definition) is 7. The number of rotatable bonds is 3. The molecule has 134 valence electrons. The number of carbonyl (C=O) groups excluding carboxylic acids is 3. The van der Waals surface area contributed by atoms with E-state index < -0.39 is 29.6 Å². The van der Waals surface area contributed by atoms with Gasteiger partial charge in [0.05, 0.1) is 18.7 Å². The van der Waals surface area contributed by atoms with Gasteiger partial charge in [-0.3, -0.25) is 19.2 Å². The van der Waals surface area contributed by atoms with Crippen LogP contribution in [-0.2, 0) is 24.0 Å². The zero-order valence-electron chi connectivity index (χ0n) is 13.6. The van der Waals surface area contributed by atoms with Gasteiger partial charge in [-0.2, -0.15) is 5.06 Å². The van der Waals surface area contributed by atoms with E-state index in [4.69, 9.17) is 30.6 Å². The molecule has 0 aliphatic carbocycles. The number of nitrogens with one attached hydrogen (secondary N) is 1. The van der Waals surface area contributed by atoms with Crippen molar-refractivity contribution in [3.63, 3.8) is 0 Å². The maximum atomic E-state index is 12.6. The molecule has 2 aliphatic heterocycles. The summed E-state index contributed by atoms with van der Waals surface area (Å²) in [5.74, 6) is -1.45. The molecule has 1 aromatic carbocycles. The van der Waals surface area contributed by atoms with Crippen molar-refractivity contribution < 1.29 is 33.4 Å². The van der Waals surface area contributed by atoms with Crippen LogP contribution >= 0.6 is 11.6 Å². The second-order valence-electron chi connectivity index (χ2n) is 5.38. The molecule has 2 aliphatic rings. The summed E-state index contributed by atoms with van der Waals surface area (Å²) in [6.07, 6.45) is -1.00. The SMILES string of the molecule is CO[C@H]1c2cc(Cl)c(OC(C)=O)cc2O[C@@]12C(=O)NCC(=O)N2OC. The molecule has 2 amide bonds. The van der Waals surface area contributed by atoms with E-state index in [1.807, 2.05) is 0 Å². The fourth-order valence-corrected chi connectivity index (χ4v) is 3.19. The molecule has 10 heteroatoms. The first kappa shape index (κ1) is 17.5. The van der Waals surface area contributed by atoms with Crippen molar-refractivity contribution in [1.82, 2.24) is 10.4 Å². The Hall–Kier alpha value is -2.36. The van der Waals surface area contributed by atoms with Gasteiger partial charge in [0.1, 0.15) is 5.75 Å². The average molecular weight is 371 g/mol. The molecule has 3 rings (SSSR count). The van der Waals surface area contributed by atoms with Crippen LogP contribution < -0.4 is 14.8 Å². The number of halogens is 1. The van der Waals surface area contributed by atoms with Crippen molar-refractivity contribution in [2.24, 2.45) is 0 Å². The highest BCUT2D eigenvalue weighted by atomic mass is 35.5. The minimum absolute atomic E-state index is 0.0614. The lowest BCUT2D eigenvalue weighted by molar-refractivity contribution is -0.274. The number of esters is 1. The average Bonchev–Trinajstić information content (AvgIpc) is 2.85. The fraction of sp³-hybridized carbons (Fsp3) is 0.400. The Labute approximate surface area is 147 Å². The molecule has 1 spiro atoms. The van der Waals surface area contributed by atoms with E-state index in [9.17, 15) is 14.4 Å². The van der Waals surface area contributed by atoms with Crippen LogP contribution in [0.5, 0.6) is 11.5 Å². The number of ether oxygens (including phenoxy) is 3. The Bertz CT molecular complexity index is 768. The van der Waals surface area contributed by atoms with Crippen molar-refractivity contribution >= 4 is 29.4 Å². The molecule has 1 aromatic rings. The molecule has 1 saturated heterocycles. The lowest BCUT2D eigenvalue weighted by atomic mass is 9.98. The predicted molar refractivity (Wildman–Crippen MR) is 82.7 cm³/mol. The Morgan fingerprint density at radius 2 is 2.12 bits per heavy atom. The summed E-state index contributed by atoms with van der Waals surface area (Å²) >= 11 is 6.14. The lowest BCUT2D eigenvalue weighted by Crippen LogP contribution is -2.70. The van der Waals surface area contributed by atoms with E-state index in [1.165, 1.54) is 33.3 Å². The van der Waals surface area contributed by atoms with Gasteiger partial charge < -0.3 is 19.5 Å². The molecule has 2 heterocycles. The number of amides is 2. The van der Waals surface area contributed by atoms with Crippen LogP contribution in [0.2, 0.25) is 5.02 Å². The van der Waals surface area contributed by atoms with Crippen LogP contribution in [0.3, 0.4) is 0 Å². The van der Waals surface area contributed by atoms with Crippen molar-refractivity contribution in [3.8, 4) is 11.5 Å². The Balaban J connectivity index is 2.13. The van der Waals surface area contributed by atoms with Gasteiger partial charge in [-0.15, -0.1) is 0 Å². The molecule has 0 radical (unpaired) electrons. The molecule has 0 bridgehead atoms. The van der Waals surface area contributed by atoms with E-state index in [-0.39, 0.29) is 23.1 Å². The quantitative estimate of drug-likeness (QED) is 0.612. The highest BCUT2D eigenvalue weighted by Gasteiger charge is 2.64. The lowest BCUT2D eigenvalue weighted by Gasteiger charge is -2.42. The second-order valence-corrected chi connectivity index (χ2v) is 5.79. The first-order valence-electron chi connectivity index (χ1n) is 7.24. The fourth-order valence-electron chi connectivity index (χ4n) is 2.98. The molecular formula is C15H15ClN2O7. The molecule has 25 heavy (non-hydrogen) atoms. The minimum Gasteiger partial charge on any atom is -0.453 e. The Kier molecular flexibility index (Phi) is 4.31. The Morgan fingerprint density at radius 1 is 1.40 bits per heavy atom. The summed E-state index contributed by atoms with van der Waals surface area (Å²) in [5, 5.41) is 3.42. The van der Waals surface area contributed by atoms with Gasteiger partial charge >= 0.3 is 11.7 Å². The van der Waals surface area contributed by atoms with Crippen LogP contribution in [0, 0.1) is 0 Å². The molecule has 2 atom stereocenters. The van der Waals surface area contributed by atoms with E-state index in [0.29, 0.717) is 5.56 Å². The second kappa shape index (κ2) is 6.17. The number of benzene rings is 1. The standard InChI is InChI=1S/C15H15ClN2O7/c1-7(19)24-11-5-10-8(4-9(11)16)13(22-2)15(25-10)14(21)17-6-12(20)18(15)23-3/h4-5,13H,6H2,1-3H3,(H,17,21)/t13-,15+/m0/s1. The third-order valence-corrected chi connectivity index (χ3v) is 4.19. The van der Waals surface area contributed by atoms with Crippen LogP contribution in [0.15, 0.2) is 12.1 Å². The van der Waals surface area contributed by atoms with E-state index >= 15 is 0 Å². The molecule has 0 aromatic heterocycles. The molecule has 0 saturated carbocycles. The number of hydroxylamine groups is 2. The summed E-state index contributed by atoms with van der Waals surface area (Å²) < 4.78 is 16.2. The van der Waals surface area contributed by atoms with Crippen LogP contribution in [0.25, 0.3) is 0 Å². The number of methoxy groups -OCH3 is 1. The van der Waals surface area contributed by atoms with Gasteiger partial charge in [-0.05, 0) is 6.07 Å². The number of fused-ring (bicyclic) bond motifs is 1. The summed E-state index contributed by atoms with van der Waals surface area (Å²) in [6, 6.07) is 2.82. The van der Waals surface area contributed by atoms with Crippen LogP contribution in [0.1, 0.15) is 18.6 Å². The van der Waals surface area contributed by atoms with Crippen LogP contribution in [0.4, 0.5) is 0 Å². The summed E-state index contributed by atoms with van der Waals surface area (Å²) in [7, 11) is 2.60. The van der Waals surface area contributed by atoms with Gasteiger partial charge in [-0.1, -0.05) is 11.6 Å². The number of carbonyl (C=O) groups is 3. The van der Waals surface area contributed by atoms with Crippen LogP contribution in [-0.4, -0.2) is 49.3 Å². The molecule has 1 N–H and O–H groups in total. The molecule has 0 unspecified atom stereocenters. The van der Waals surface area contributed by atoms with Crippen molar-refractivity contribution in [3.05, 3.63) is 22.7 Å². The maximum Gasteiger partial charge on any atom is 0.317 e. The number of piperazine rings is 1. The summed E-state index contributed by atoms with van der Waals surface area (Å²) in [6.45, 7) is 0.994. The van der Waals surface area contributed by atoms with Crippen molar-refractivity contribution in [2.45, 2.75) is 18.8 Å². The Morgan fingerprint density at radius 3 is 2.72 bits per heavy atom. The van der Waals surface area contributed by atoms with E-state index in [2.05, 4.69) is 5.32 Å². The topological polar surface area (TPSA) is 103 Å². The highest BCUT2D eigenvalue weighted by Crippen LogP contribution is 2.50. The minimum atomic E-state index is -1.89. The van der Waals surface area contributed by atoms with E-state index in [0.717, 1.165) is 5.06 Å². The smallest absolute Gasteiger partial charge is 0.317 e. The monoisotopic (exact) mass is 370 g/mol. The summed E-state index contributed by atoms with van der Waals surface area (Å²) in [5.41, 5.74) is -1.48. The molecular weight excluding hydrogens is 356 g/mol. The van der Waals surface area contributed by atoms with Gasteiger partial charge in [-0.25, -0.2) is 0 Å². The van der Waals surface area contributed by atoms with E-state index in [1.54, 1.807) is 0 Å². The number of hydrogen-bond donors (Lipinski definition) is 1. The zero-order valence-corrected chi connectivity index (χ0v) is 14.4. The normalized spacial score (nSPS) is 24.8. The highest BCUT2D eigenvalue weighted by molar-refractivity contribution is 6.32. The maximum absolute atomic E-state index is 12.6. The van der Waals surface area contributed by atoms with Gasteiger partial charge in [0, 0.05) is 25.7 Å². The number of nitrogens with zero attached hydrogens (tertiary/aromatic N) is 1. The van der Waals surface area contributed by atoms with Crippen molar-refractivity contribution in [1.29, 1.82) is 0 Å². The first-order valence-corrected chi connectivity index (χ1v) is 7.62. The van der Waals surface area contributed by atoms with Crippen molar-refractivity contribution in [2.75, 3.05) is 20.8 Å². The van der Waals surface area contributed by atoms with Gasteiger partial charge in [0.15, 0.2) is 11.9 Å². The van der Waals surface area contributed by atoms with Gasteiger partial charge in [0.25, 0.3) is 11.8 Å². The summed E-state index contributed by atoms with van der Waals surface area (Å²) in [4.78, 5) is 41.1. The molecule has 1 fully saturated rings. The largest absolute Gasteiger partial charge is 0.453 e. The first-order chi connectivity index (χ1) is 11.8. The third-order valence-electron chi connectivity index (χ3n) is 3.89. The van der Waals surface area contributed by atoms with Gasteiger partial charge in [0.2, 0.25) is 0 Å². The molecule has 9 nitrogen and oxygen atoms in total. The predicted octanol–water partition coefficient (Wildman–Crippen LogP) is 0.561. The third kappa shape index (κ3) is 2.51. The zero-order chi connectivity index (χ0) is 18.4.